The topological polar surface area (TPSA) is 54.5 Å². The van der Waals surface area contributed by atoms with Crippen molar-refractivity contribution in [3.63, 3.8) is 0 Å². The van der Waals surface area contributed by atoms with Gasteiger partial charge in [-0.25, -0.2) is 0 Å². The minimum atomic E-state index is -4.38. The molecule has 0 bridgehead atoms. The van der Waals surface area contributed by atoms with Crippen LogP contribution in [0.25, 0.3) is 11.1 Å². The number of likely N-dealkylation sites (N-methyl/N-ethyl adjacent to an activating group) is 1. The van der Waals surface area contributed by atoms with Crippen LogP contribution in [0.15, 0.2) is 36.5 Å². The Balaban J connectivity index is 1.64. The zero-order chi connectivity index (χ0) is 20.8. The summed E-state index contributed by atoms with van der Waals surface area (Å²) in [6.45, 7) is 0.728. The van der Waals surface area contributed by atoms with E-state index in [0.717, 1.165) is 43.6 Å². The van der Waals surface area contributed by atoms with Gasteiger partial charge in [-0.3, -0.25) is 15.1 Å². The molecule has 0 aliphatic carbocycles. The quantitative estimate of drug-likeness (QED) is 0.844. The number of pyridine rings is 1. The van der Waals surface area contributed by atoms with Crippen molar-refractivity contribution in [3.8, 4) is 16.9 Å². The van der Waals surface area contributed by atoms with Gasteiger partial charge in [-0.2, -0.15) is 13.2 Å². The lowest BCUT2D eigenvalue weighted by Gasteiger charge is -2.23. The van der Waals surface area contributed by atoms with Gasteiger partial charge in [-0.1, -0.05) is 12.1 Å². The number of carbonyl (C=O) groups is 1. The molecule has 0 unspecified atom stereocenters. The standard InChI is InChI=1S/C21H22F3N3O2/c1-27-10-9-20(19(27)28)8-7-16(26-20)17-11-15(18(29-2)12-25-17)13-3-5-14(6-4-13)21(22,23)24/h3-6,11-12,16,26H,7-10H2,1-2H3/t16-,20-/m1/s1. The Hall–Kier alpha value is -2.61. The normalized spacial score (nSPS) is 24.5. The molecule has 1 N–H and O–H groups in total. The first-order valence-corrected chi connectivity index (χ1v) is 9.48. The number of benzene rings is 1. The van der Waals surface area contributed by atoms with Crippen LogP contribution in [0.2, 0.25) is 0 Å². The Bertz CT molecular complexity index is 930. The van der Waals surface area contributed by atoms with Gasteiger partial charge in [0.25, 0.3) is 0 Å². The highest BCUT2D eigenvalue weighted by Crippen LogP contribution is 2.40. The average molecular weight is 405 g/mol. The minimum absolute atomic E-state index is 0.0930. The van der Waals surface area contributed by atoms with Crippen LogP contribution in [0, 0.1) is 0 Å². The molecule has 5 nitrogen and oxygen atoms in total. The Morgan fingerprint density at radius 1 is 1.24 bits per heavy atom. The smallest absolute Gasteiger partial charge is 0.416 e. The predicted octanol–water partition coefficient (Wildman–Crippen LogP) is 3.80. The summed E-state index contributed by atoms with van der Waals surface area (Å²) in [5.74, 6) is 0.592. The molecule has 29 heavy (non-hydrogen) atoms. The van der Waals surface area contributed by atoms with Crippen molar-refractivity contribution in [3.05, 3.63) is 47.8 Å². The summed E-state index contributed by atoms with van der Waals surface area (Å²) in [4.78, 5) is 18.8. The van der Waals surface area contributed by atoms with E-state index < -0.39 is 17.3 Å². The fourth-order valence-corrected chi connectivity index (χ4v) is 4.27. The van der Waals surface area contributed by atoms with Crippen molar-refractivity contribution < 1.29 is 22.7 Å². The number of hydrogen-bond acceptors (Lipinski definition) is 4. The highest BCUT2D eigenvalue weighted by Gasteiger charge is 2.50. The molecule has 2 aliphatic rings. The highest BCUT2D eigenvalue weighted by atomic mass is 19.4. The lowest BCUT2D eigenvalue weighted by Crippen LogP contribution is -2.47. The number of likely N-dealkylation sites (tertiary alicyclic amines) is 1. The molecule has 2 atom stereocenters. The lowest BCUT2D eigenvalue weighted by molar-refractivity contribution is -0.137. The van der Waals surface area contributed by atoms with Crippen molar-refractivity contribution in [2.75, 3.05) is 20.7 Å². The molecular weight excluding hydrogens is 383 g/mol. The third kappa shape index (κ3) is 3.46. The number of rotatable bonds is 3. The van der Waals surface area contributed by atoms with Crippen molar-refractivity contribution in [2.24, 2.45) is 0 Å². The molecule has 2 fully saturated rings. The second-order valence-corrected chi connectivity index (χ2v) is 7.68. The second kappa shape index (κ2) is 7.02. The first kappa shape index (κ1) is 19.7. The summed E-state index contributed by atoms with van der Waals surface area (Å²) in [7, 11) is 3.31. The molecule has 2 saturated heterocycles. The van der Waals surface area contributed by atoms with E-state index in [9.17, 15) is 18.0 Å². The van der Waals surface area contributed by atoms with Crippen LogP contribution < -0.4 is 10.1 Å². The molecule has 3 heterocycles. The van der Waals surface area contributed by atoms with Crippen molar-refractivity contribution in [2.45, 2.75) is 37.0 Å². The zero-order valence-electron chi connectivity index (χ0n) is 16.2. The molecule has 1 spiro atoms. The van der Waals surface area contributed by atoms with E-state index in [2.05, 4.69) is 10.3 Å². The highest BCUT2D eigenvalue weighted by molar-refractivity contribution is 5.88. The number of hydrogen-bond donors (Lipinski definition) is 1. The van der Waals surface area contributed by atoms with Gasteiger partial charge in [-0.05, 0) is 43.0 Å². The maximum absolute atomic E-state index is 12.9. The number of aromatic nitrogens is 1. The van der Waals surface area contributed by atoms with E-state index >= 15 is 0 Å². The van der Waals surface area contributed by atoms with E-state index in [4.69, 9.17) is 4.74 Å². The molecule has 2 aliphatic heterocycles. The number of ether oxygens (including phenoxy) is 1. The number of carbonyl (C=O) groups excluding carboxylic acids is 1. The Morgan fingerprint density at radius 3 is 2.55 bits per heavy atom. The molecule has 154 valence electrons. The molecule has 1 amide bonds. The molecule has 8 heteroatoms. The molecular formula is C21H22F3N3O2. The number of nitrogens with one attached hydrogen (secondary N) is 1. The summed E-state index contributed by atoms with van der Waals surface area (Å²) >= 11 is 0. The number of nitrogens with zero attached hydrogens (tertiary/aromatic N) is 2. The molecule has 2 aromatic rings. The number of methoxy groups -OCH3 is 1. The van der Waals surface area contributed by atoms with Crippen LogP contribution >= 0.6 is 0 Å². The molecule has 0 saturated carbocycles. The molecule has 1 aromatic heterocycles. The van der Waals surface area contributed by atoms with Gasteiger partial charge in [0.1, 0.15) is 11.3 Å². The number of halogens is 3. The predicted molar refractivity (Wildman–Crippen MR) is 101 cm³/mol. The summed E-state index contributed by atoms with van der Waals surface area (Å²) in [5.41, 5.74) is 0.805. The van der Waals surface area contributed by atoms with Gasteiger partial charge in [0.2, 0.25) is 5.91 Å². The van der Waals surface area contributed by atoms with Crippen LogP contribution in [0.5, 0.6) is 5.75 Å². The van der Waals surface area contributed by atoms with Crippen LogP contribution in [-0.2, 0) is 11.0 Å². The van der Waals surface area contributed by atoms with E-state index in [0.29, 0.717) is 16.9 Å². The lowest BCUT2D eigenvalue weighted by atomic mass is 9.96. The van der Waals surface area contributed by atoms with E-state index in [1.807, 2.05) is 6.07 Å². The Morgan fingerprint density at radius 2 is 1.97 bits per heavy atom. The largest absolute Gasteiger partial charge is 0.494 e. The first-order chi connectivity index (χ1) is 13.7. The van der Waals surface area contributed by atoms with Gasteiger partial charge in [0.15, 0.2) is 0 Å². The zero-order valence-corrected chi connectivity index (χ0v) is 16.2. The minimum Gasteiger partial charge on any atom is -0.494 e. The van der Waals surface area contributed by atoms with Crippen molar-refractivity contribution in [1.29, 1.82) is 0 Å². The van der Waals surface area contributed by atoms with Gasteiger partial charge >= 0.3 is 6.18 Å². The third-order valence-electron chi connectivity index (χ3n) is 5.93. The van der Waals surface area contributed by atoms with Gasteiger partial charge < -0.3 is 9.64 Å². The second-order valence-electron chi connectivity index (χ2n) is 7.68. The summed E-state index contributed by atoms with van der Waals surface area (Å²) in [6.07, 6.45) is -0.525. The van der Waals surface area contributed by atoms with Gasteiger partial charge in [0.05, 0.1) is 30.6 Å². The van der Waals surface area contributed by atoms with E-state index in [1.165, 1.54) is 19.2 Å². The Kier molecular flexibility index (Phi) is 4.77. The average Bonchev–Trinajstić information content (AvgIpc) is 3.27. The van der Waals surface area contributed by atoms with Gasteiger partial charge in [-0.15, -0.1) is 0 Å². The van der Waals surface area contributed by atoms with Gasteiger partial charge in [0, 0.05) is 19.2 Å². The summed E-state index contributed by atoms with van der Waals surface area (Å²) < 4.78 is 44.0. The summed E-state index contributed by atoms with van der Waals surface area (Å²) in [5, 5.41) is 3.46. The van der Waals surface area contributed by atoms with Crippen LogP contribution in [0.1, 0.15) is 36.6 Å². The fraction of sp³-hybridized carbons (Fsp3) is 0.429. The maximum Gasteiger partial charge on any atom is 0.416 e. The van der Waals surface area contributed by atoms with Crippen LogP contribution in [0.3, 0.4) is 0 Å². The van der Waals surface area contributed by atoms with Crippen LogP contribution in [0.4, 0.5) is 13.2 Å². The monoisotopic (exact) mass is 405 g/mol. The van der Waals surface area contributed by atoms with Crippen molar-refractivity contribution >= 4 is 5.91 Å². The molecule has 4 rings (SSSR count). The van der Waals surface area contributed by atoms with E-state index in [-0.39, 0.29) is 11.9 Å². The molecule has 0 radical (unpaired) electrons. The first-order valence-electron chi connectivity index (χ1n) is 9.48. The Labute approximate surface area is 166 Å². The summed E-state index contributed by atoms with van der Waals surface area (Å²) in [6, 6.07) is 6.73. The third-order valence-corrected chi connectivity index (χ3v) is 5.93. The SMILES string of the molecule is COc1cnc([C@H]2CC[C@]3(CCN(C)C3=O)N2)cc1-c1ccc(C(F)(F)F)cc1. The molecule has 1 aromatic carbocycles. The number of alkyl halides is 3. The maximum atomic E-state index is 12.9. The number of amides is 1. The fourth-order valence-electron chi connectivity index (χ4n) is 4.27. The van der Waals surface area contributed by atoms with E-state index in [1.54, 1.807) is 18.1 Å². The van der Waals surface area contributed by atoms with Crippen molar-refractivity contribution in [1.82, 2.24) is 15.2 Å². The van der Waals surface area contributed by atoms with Crippen LogP contribution in [-0.4, -0.2) is 42.0 Å².